The normalized spacial score (nSPS) is 12.8. The standard InChI is InChI=1S/C10H12ClFO/c1-8(13-7-6-12)9-4-2-3-5-10(9)11/h2-5,8H,6-7H2,1H3. The fourth-order valence-corrected chi connectivity index (χ4v) is 1.41. The fourth-order valence-electron chi connectivity index (χ4n) is 1.12. The van der Waals surface area contributed by atoms with Crippen molar-refractivity contribution in [3.63, 3.8) is 0 Å². The molecule has 0 radical (unpaired) electrons. The largest absolute Gasteiger partial charge is 0.371 e. The second-order valence-corrected chi connectivity index (χ2v) is 3.13. The van der Waals surface area contributed by atoms with Gasteiger partial charge < -0.3 is 4.74 Å². The number of rotatable bonds is 4. The highest BCUT2D eigenvalue weighted by molar-refractivity contribution is 6.31. The molecule has 3 heteroatoms. The van der Waals surface area contributed by atoms with Gasteiger partial charge in [-0.1, -0.05) is 29.8 Å². The third-order valence-corrected chi connectivity index (χ3v) is 2.13. The third-order valence-electron chi connectivity index (χ3n) is 1.79. The number of halogens is 2. The zero-order valence-electron chi connectivity index (χ0n) is 7.47. The molecule has 0 heterocycles. The Morgan fingerprint density at radius 1 is 1.46 bits per heavy atom. The average molecular weight is 203 g/mol. The van der Waals surface area contributed by atoms with E-state index in [1.54, 1.807) is 6.07 Å². The lowest BCUT2D eigenvalue weighted by Gasteiger charge is -2.13. The van der Waals surface area contributed by atoms with Crippen LogP contribution in [0.2, 0.25) is 5.02 Å². The van der Waals surface area contributed by atoms with Crippen LogP contribution in [0.1, 0.15) is 18.6 Å². The summed E-state index contributed by atoms with van der Waals surface area (Å²) in [6, 6.07) is 7.42. The molecular weight excluding hydrogens is 191 g/mol. The summed E-state index contributed by atoms with van der Waals surface area (Å²) in [5.41, 5.74) is 0.901. The van der Waals surface area contributed by atoms with Gasteiger partial charge in [0.1, 0.15) is 6.67 Å². The summed E-state index contributed by atoms with van der Waals surface area (Å²) in [5, 5.41) is 0.661. The molecule has 0 fully saturated rings. The van der Waals surface area contributed by atoms with Gasteiger partial charge in [0.05, 0.1) is 12.7 Å². The summed E-state index contributed by atoms with van der Waals surface area (Å²) in [4.78, 5) is 0. The van der Waals surface area contributed by atoms with E-state index < -0.39 is 6.67 Å². The zero-order valence-corrected chi connectivity index (χ0v) is 8.22. The molecule has 1 nitrogen and oxygen atoms in total. The second-order valence-electron chi connectivity index (χ2n) is 2.72. The third kappa shape index (κ3) is 2.98. The van der Waals surface area contributed by atoms with Crippen LogP contribution in [0.5, 0.6) is 0 Å². The van der Waals surface area contributed by atoms with Crippen molar-refractivity contribution in [2.75, 3.05) is 13.3 Å². The molecule has 0 amide bonds. The Kier molecular flexibility index (Phi) is 4.19. The Morgan fingerprint density at radius 3 is 2.77 bits per heavy atom. The minimum atomic E-state index is -0.463. The first-order valence-corrected chi connectivity index (χ1v) is 4.55. The van der Waals surface area contributed by atoms with Gasteiger partial charge in [-0.3, -0.25) is 0 Å². The molecule has 1 aromatic rings. The molecule has 0 spiro atoms. The van der Waals surface area contributed by atoms with Gasteiger partial charge in [0, 0.05) is 5.02 Å². The Labute approximate surface area is 82.5 Å². The van der Waals surface area contributed by atoms with Gasteiger partial charge in [0.15, 0.2) is 0 Å². The van der Waals surface area contributed by atoms with Gasteiger partial charge in [-0.2, -0.15) is 0 Å². The summed E-state index contributed by atoms with van der Waals surface area (Å²) < 4.78 is 17.0. The molecule has 1 unspecified atom stereocenters. The maximum Gasteiger partial charge on any atom is 0.113 e. The summed E-state index contributed by atoms with van der Waals surface area (Å²) >= 11 is 5.92. The Hall–Kier alpha value is -0.600. The molecule has 0 saturated carbocycles. The van der Waals surface area contributed by atoms with E-state index >= 15 is 0 Å². The molecule has 72 valence electrons. The van der Waals surface area contributed by atoms with E-state index in [1.165, 1.54) is 0 Å². The van der Waals surface area contributed by atoms with E-state index in [4.69, 9.17) is 16.3 Å². The molecular formula is C10H12ClFO. The van der Waals surface area contributed by atoms with Gasteiger partial charge in [0.25, 0.3) is 0 Å². The summed E-state index contributed by atoms with van der Waals surface area (Å²) in [5.74, 6) is 0. The van der Waals surface area contributed by atoms with Gasteiger partial charge in [-0.15, -0.1) is 0 Å². The topological polar surface area (TPSA) is 9.23 Å². The maximum atomic E-state index is 11.8. The van der Waals surface area contributed by atoms with Crippen LogP contribution in [0, 0.1) is 0 Å². The van der Waals surface area contributed by atoms with Crippen molar-refractivity contribution >= 4 is 11.6 Å². The number of hydrogen-bond acceptors (Lipinski definition) is 1. The first-order valence-electron chi connectivity index (χ1n) is 4.17. The molecule has 0 aromatic heterocycles. The van der Waals surface area contributed by atoms with Gasteiger partial charge in [-0.25, -0.2) is 4.39 Å². The van der Waals surface area contributed by atoms with Crippen LogP contribution in [-0.4, -0.2) is 13.3 Å². The van der Waals surface area contributed by atoms with Crippen LogP contribution in [0.15, 0.2) is 24.3 Å². The minimum absolute atomic E-state index is 0.117. The van der Waals surface area contributed by atoms with E-state index in [-0.39, 0.29) is 12.7 Å². The van der Waals surface area contributed by atoms with Crippen molar-refractivity contribution in [3.05, 3.63) is 34.9 Å². The lowest BCUT2D eigenvalue weighted by molar-refractivity contribution is 0.0559. The van der Waals surface area contributed by atoms with Crippen LogP contribution < -0.4 is 0 Å². The smallest absolute Gasteiger partial charge is 0.113 e. The van der Waals surface area contributed by atoms with E-state index in [2.05, 4.69) is 0 Å². The lowest BCUT2D eigenvalue weighted by Crippen LogP contribution is -2.03. The van der Waals surface area contributed by atoms with Crippen LogP contribution >= 0.6 is 11.6 Å². The van der Waals surface area contributed by atoms with Crippen molar-refractivity contribution in [1.29, 1.82) is 0 Å². The van der Waals surface area contributed by atoms with E-state index in [0.717, 1.165) is 5.56 Å². The SMILES string of the molecule is CC(OCCF)c1ccccc1Cl. The highest BCUT2D eigenvalue weighted by atomic mass is 35.5. The molecule has 0 N–H and O–H groups in total. The van der Waals surface area contributed by atoms with Crippen molar-refractivity contribution in [2.45, 2.75) is 13.0 Å². The predicted octanol–water partition coefficient (Wildman–Crippen LogP) is 3.39. The highest BCUT2D eigenvalue weighted by Gasteiger charge is 2.08. The van der Waals surface area contributed by atoms with E-state index in [0.29, 0.717) is 5.02 Å². The molecule has 1 atom stereocenters. The van der Waals surface area contributed by atoms with Crippen LogP contribution in [0.4, 0.5) is 4.39 Å². The molecule has 0 aliphatic rings. The van der Waals surface area contributed by atoms with Crippen molar-refractivity contribution in [1.82, 2.24) is 0 Å². The monoisotopic (exact) mass is 202 g/mol. The number of benzene rings is 1. The Bertz CT molecular complexity index is 265. The molecule has 0 bridgehead atoms. The van der Waals surface area contributed by atoms with Gasteiger partial charge >= 0.3 is 0 Å². The molecule has 1 rings (SSSR count). The molecule has 0 aliphatic heterocycles. The second kappa shape index (κ2) is 5.20. The number of hydrogen-bond donors (Lipinski definition) is 0. The van der Waals surface area contributed by atoms with Crippen molar-refractivity contribution < 1.29 is 9.13 Å². The van der Waals surface area contributed by atoms with Crippen molar-refractivity contribution in [3.8, 4) is 0 Å². The zero-order chi connectivity index (χ0) is 9.68. The minimum Gasteiger partial charge on any atom is -0.371 e. The first kappa shape index (κ1) is 10.5. The quantitative estimate of drug-likeness (QED) is 0.727. The first-order chi connectivity index (χ1) is 6.25. The van der Waals surface area contributed by atoms with Crippen LogP contribution in [0.25, 0.3) is 0 Å². The lowest BCUT2D eigenvalue weighted by atomic mass is 10.1. The average Bonchev–Trinajstić information content (AvgIpc) is 2.15. The van der Waals surface area contributed by atoms with Crippen LogP contribution in [0.3, 0.4) is 0 Å². The number of ether oxygens (including phenoxy) is 1. The van der Waals surface area contributed by atoms with Crippen molar-refractivity contribution in [2.24, 2.45) is 0 Å². The number of alkyl halides is 1. The van der Waals surface area contributed by atoms with Gasteiger partial charge in [0.2, 0.25) is 0 Å². The maximum absolute atomic E-state index is 11.8. The Morgan fingerprint density at radius 2 is 2.15 bits per heavy atom. The van der Waals surface area contributed by atoms with Crippen LogP contribution in [-0.2, 0) is 4.74 Å². The summed E-state index contributed by atoms with van der Waals surface area (Å²) in [6.07, 6.45) is -0.149. The fraction of sp³-hybridized carbons (Fsp3) is 0.400. The molecule has 13 heavy (non-hydrogen) atoms. The van der Waals surface area contributed by atoms with Gasteiger partial charge in [-0.05, 0) is 18.6 Å². The summed E-state index contributed by atoms with van der Waals surface area (Å²) in [7, 11) is 0. The van der Waals surface area contributed by atoms with E-state index in [1.807, 2.05) is 25.1 Å². The Balaban J connectivity index is 2.65. The summed E-state index contributed by atoms with van der Waals surface area (Å²) in [6.45, 7) is 1.51. The van der Waals surface area contributed by atoms with E-state index in [9.17, 15) is 4.39 Å². The molecule has 0 aliphatic carbocycles. The molecule has 1 aromatic carbocycles. The highest BCUT2D eigenvalue weighted by Crippen LogP contribution is 2.24. The predicted molar refractivity (Wildman–Crippen MR) is 51.8 cm³/mol. The molecule has 0 saturated heterocycles.